The molecule has 0 heterocycles. The molecule has 1 rings (SSSR count). The van der Waals surface area contributed by atoms with Crippen LogP contribution in [0.1, 0.15) is 12.8 Å². The zero-order valence-electron chi connectivity index (χ0n) is 5.37. The second-order valence-electron chi connectivity index (χ2n) is 2.38. The first-order chi connectivity index (χ1) is 4.71. The minimum absolute atomic E-state index is 0.346. The molecular weight excluding hydrogens is 130 g/mol. The average Bonchev–Trinajstić information content (AvgIpc) is 2.35. The van der Waals surface area contributed by atoms with Crippen LogP contribution in [0.15, 0.2) is 12.2 Å². The number of nitrogens with zero attached hydrogens (tertiary/aromatic N) is 1. The first-order valence-electron chi connectivity index (χ1n) is 3.01. The van der Waals surface area contributed by atoms with Gasteiger partial charge >= 0.3 is 5.97 Å². The van der Waals surface area contributed by atoms with E-state index in [4.69, 9.17) is 10.4 Å². The minimum Gasteiger partial charge on any atom is -0.480 e. The molecule has 0 bridgehead atoms. The van der Waals surface area contributed by atoms with Crippen LogP contribution in [0.25, 0.3) is 0 Å². The molecule has 0 unspecified atom stereocenters. The summed E-state index contributed by atoms with van der Waals surface area (Å²) >= 11 is 0. The highest BCUT2D eigenvalue weighted by Crippen LogP contribution is 2.32. The molecule has 0 saturated heterocycles. The van der Waals surface area contributed by atoms with Gasteiger partial charge in [0.1, 0.15) is 0 Å². The van der Waals surface area contributed by atoms with Gasteiger partial charge < -0.3 is 5.11 Å². The Morgan fingerprint density at radius 2 is 2.10 bits per heavy atom. The molecule has 0 saturated carbocycles. The van der Waals surface area contributed by atoms with Crippen LogP contribution in [-0.2, 0) is 4.79 Å². The molecule has 1 aliphatic rings. The number of hydrogen-bond acceptors (Lipinski definition) is 2. The Bertz CT molecular complexity index is 216. The lowest BCUT2D eigenvalue weighted by atomic mass is 9.88. The molecule has 0 amide bonds. The highest BCUT2D eigenvalue weighted by atomic mass is 16.4. The van der Waals surface area contributed by atoms with Crippen molar-refractivity contribution in [3.05, 3.63) is 12.2 Å². The third-order valence-corrected chi connectivity index (χ3v) is 1.72. The SMILES string of the molecule is N#CC1(C(=O)O)CC=CC1. The fourth-order valence-electron chi connectivity index (χ4n) is 0.966. The molecule has 3 nitrogen and oxygen atoms in total. The molecule has 0 spiro atoms. The number of aliphatic carboxylic acids is 1. The van der Waals surface area contributed by atoms with Crippen LogP contribution in [0.2, 0.25) is 0 Å². The second kappa shape index (κ2) is 2.14. The van der Waals surface area contributed by atoms with Gasteiger partial charge in [-0.15, -0.1) is 0 Å². The number of nitriles is 1. The molecule has 0 aliphatic heterocycles. The molecule has 1 aliphatic carbocycles. The van der Waals surface area contributed by atoms with Crippen LogP contribution in [0.3, 0.4) is 0 Å². The van der Waals surface area contributed by atoms with E-state index in [9.17, 15) is 4.79 Å². The van der Waals surface area contributed by atoms with Gasteiger partial charge in [0, 0.05) is 0 Å². The smallest absolute Gasteiger partial charge is 0.324 e. The second-order valence-corrected chi connectivity index (χ2v) is 2.38. The molecule has 10 heavy (non-hydrogen) atoms. The first-order valence-corrected chi connectivity index (χ1v) is 3.01. The summed E-state index contributed by atoms with van der Waals surface area (Å²) in [5, 5.41) is 17.1. The van der Waals surface area contributed by atoms with Crippen molar-refractivity contribution in [1.29, 1.82) is 5.26 Å². The van der Waals surface area contributed by atoms with E-state index in [1.807, 2.05) is 6.07 Å². The lowest BCUT2D eigenvalue weighted by Crippen LogP contribution is -2.25. The van der Waals surface area contributed by atoms with Crippen molar-refractivity contribution in [3.63, 3.8) is 0 Å². The Kier molecular flexibility index (Phi) is 1.46. The topological polar surface area (TPSA) is 61.1 Å². The molecule has 0 aromatic rings. The maximum Gasteiger partial charge on any atom is 0.324 e. The van der Waals surface area contributed by atoms with Gasteiger partial charge in [0.15, 0.2) is 5.41 Å². The minimum atomic E-state index is -1.15. The maximum absolute atomic E-state index is 10.5. The van der Waals surface area contributed by atoms with Crippen molar-refractivity contribution >= 4 is 5.97 Å². The Hall–Kier alpha value is -1.30. The quantitative estimate of drug-likeness (QED) is 0.547. The summed E-state index contributed by atoms with van der Waals surface area (Å²) in [6, 6.07) is 1.81. The molecule has 0 fully saturated rings. The number of allylic oxidation sites excluding steroid dienone is 2. The highest BCUT2D eigenvalue weighted by Gasteiger charge is 2.39. The largest absolute Gasteiger partial charge is 0.480 e. The van der Waals surface area contributed by atoms with Crippen LogP contribution >= 0.6 is 0 Å². The standard InChI is InChI=1S/C7H7NO2/c8-5-7(6(9)10)3-1-2-4-7/h1-2H,3-4H2,(H,9,10). The van der Waals surface area contributed by atoms with Gasteiger partial charge in [0.25, 0.3) is 0 Å². The number of carboxylic acid groups (broad SMARTS) is 1. The van der Waals surface area contributed by atoms with E-state index < -0.39 is 11.4 Å². The zero-order valence-corrected chi connectivity index (χ0v) is 5.37. The summed E-state index contributed by atoms with van der Waals surface area (Å²) in [6.45, 7) is 0. The van der Waals surface area contributed by atoms with Gasteiger partial charge in [0.05, 0.1) is 6.07 Å². The van der Waals surface area contributed by atoms with E-state index in [-0.39, 0.29) is 0 Å². The fraction of sp³-hybridized carbons (Fsp3) is 0.429. The van der Waals surface area contributed by atoms with Gasteiger partial charge in [-0.3, -0.25) is 4.79 Å². The van der Waals surface area contributed by atoms with E-state index in [0.29, 0.717) is 12.8 Å². The molecule has 3 heteroatoms. The Labute approximate surface area is 58.6 Å². The van der Waals surface area contributed by atoms with E-state index in [2.05, 4.69) is 0 Å². The summed E-state index contributed by atoms with van der Waals surface area (Å²) in [6.07, 6.45) is 4.16. The van der Waals surface area contributed by atoms with Gasteiger partial charge in [-0.05, 0) is 12.8 Å². The van der Waals surface area contributed by atoms with E-state index in [0.717, 1.165) is 0 Å². The maximum atomic E-state index is 10.5. The summed E-state index contributed by atoms with van der Waals surface area (Å²) in [4.78, 5) is 10.5. The van der Waals surface area contributed by atoms with Crippen molar-refractivity contribution < 1.29 is 9.90 Å². The van der Waals surface area contributed by atoms with Crippen molar-refractivity contribution in [2.24, 2.45) is 5.41 Å². The molecule has 0 aromatic heterocycles. The molecular formula is C7H7NO2. The number of carbonyl (C=O) groups is 1. The predicted octanol–water partition coefficient (Wildman–Crippen LogP) is 0.931. The third kappa shape index (κ3) is 0.781. The van der Waals surface area contributed by atoms with Crippen LogP contribution in [0.4, 0.5) is 0 Å². The molecule has 52 valence electrons. The Morgan fingerprint density at radius 1 is 1.60 bits per heavy atom. The number of hydrogen-bond donors (Lipinski definition) is 1. The van der Waals surface area contributed by atoms with E-state index in [1.54, 1.807) is 12.2 Å². The summed E-state index contributed by atoms with van der Waals surface area (Å²) in [5.74, 6) is -1.01. The summed E-state index contributed by atoms with van der Waals surface area (Å²) in [7, 11) is 0. The molecule has 0 atom stereocenters. The van der Waals surface area contributed by atoms with Crippen molar-refractivity contribution in [2.45, 2.75) is 12.8 Å². The van der Waals surface area contributed by atoms with Crippen LogP contribution in [-0.4, -0.2) is 11.1 Å². The fourth-order valence-corrected chi connectivity index (χ4v) is 0.966. The molecule has 0 aromatic carbocycles. The normalized spacial score (nSPS) is 20.3. The average molecular weight is 137 g/mol. The molecule has 0 radical (unpaired) electrons. The van der Waals surface area contributed by atoms with Crippen LogP contribution < -0.4 is 0 Å². The Balaban J connectivity index is 2.84. The predicted molar refractivity (Wildman–Crippen MR) is 34.1 cm³/mol. The van der Waals surface area contributed by atoms with Crippen molar-refractivity contribution in [2.75, 3.05) is 0 Å². The van der Waals surface area contributed by atoms with Gasteiger partial charge in [-0.2, -0.15) is 5.26 Å². The van der Waals surface area contributed by atoms with Gasteiger partial charge in [-0.1, -0.05) is 12.2 Å². The van der Waals surface area contributed by atoms with Gasteiger partial charge in [0.2, 0.25) is 0 Å². The third-order valence-electron chi connectivity index (χ3n) is 1.72. The summed E-state index contributed by atoms with van der Waals surface area (Å²) in [5.41, 5.74) is -1.15. The molecule has 1 N–H and O–H groups in total. The Morgan fingerprint density at radius 3 is 2.30 bits per heavy atom. The number of carboxylic acids is 1. The monoisotopic (exact) mass is 137 g/mol. The summed E-state index contributed by atoms with van der Waals surface area (Å²) < 4.78 is 0. The van der Waals surface area contributed by atoms with Crippen molar-refractivity contribution in [3.8, 4) is 6.07 Å². The van der Waals surface area contributed by atoms with Crippen LogP contribution in [0.5, 0.6) is 0 Å². The lowest BCUT2D eigenvalue weighted by molar-refractivity contribution is -0.144. The highest BCUT2D eigenvalue weighted by molar-refractivity contribution is 5.79. The lowest BCUT2D eigenvalue weighted by Gasteiger charge is -2.12. The number of rotatable bonds is 1. The zero-order chi connectivity index (χ0) is 7.61. The van der Waals surface area contributed by atoms with Gasteiger partial charge in [-0.25, -0.2) is 0 Å². The van der Waals surface area contributed by atoms with Crippen molar-refractivity contribution in [1.82, 2.24) is 0 Å². The van der Waals surface area contributed by atoms with Crippen LogP contribution in [0, 0.1) is 16.7 Å². The first kappa shape index (κ1) is 6.81. The van der Waals surface area contributed by atoms with E-state index >= 15 is 0 Å². The van der Waals surface area contributed by atoms with E-state index in [1.165, 1.54) is 0 Å².